The first-order valence-corrected chi connectivity index (χ1v) is 10.4. The molecule has 1 aromatic carbocycles. The van der Waals surface area contributed by atoms with Gasteiger partial charge in [0.05, 0.1) is 0 Å². The summed E-state index contributed by atoms with van der Waals surface area (Å²) in [6.07, 6.45) is -5.88. The number of halogens is 5. The average molecular weight is 536 g/mol. The molecule has 12 heteroatoms. The van der Waals surface area contributed by atoms with Crippen LogP contribution in [0.3, 0.4) is 0 Å². The number of hydrogen-bond acceptors (Lipinski definition) is 5. The van der Waals surface area contributed by atoms with Crippen molar-refractivity contribution in [3.05, 3.63) is 53.8 Å². The number of aliphatic hydroxyl groups is 2. The van der Waals surface area contributed by atoms with Crippen molar-refractivity contribution < 1.29 is 61.5 Å². The molecular formula is C22H24F5NNiO5. The molecule has 0 radical (unpaired) electrons. The zero-order valence-corrected chi connectivity index (χ0v) is 19.3. The minimum atomic E-state index is -4.91. The van der Waals surface area contributed by atoms with Crippen molar-refractivity contribution in [3.8, 4) is 5.75 Å². The van der Waals surface area contributed by atoms with Gasteiger partial charge in [0.15, 0.2) is 0 Å². The van der Waals surface area contributed by atoms with Gasteiger partial charge in [-0.05, 0) is 0 Å². The molecule has 0 spiro atoms. The summed E-state index contributed by atoms with van der Waals surface area (Å²) in [5, 5.41) is 20.9. The Bertz CT molecular complexity index is 999. The zero-order valence-electron chi connectivity index (χ0n) is 18.4. The van der Waals surface area contributed by atoms with Crippen molar-refractivity contribution in [2.24, 2.45) is 5.92 Å². The molecule has 1 saturated heterocycles. The van der Waals surface area contributed by atoms with E-state index < -0.39 is 65.7 Å². The van der Waals surface area contributed by atoms with Gasteiger partial charge in [0.1, 0.15) is 0 Å². The van der Waals surface area contributed by atoms with Crippen LogP contribution in [0.2, 0.25) is 0 Å². The van der Waals surface area contributed by atoms with Gasteiger partial charge in [-0.2, -0.15) is 0 Å². The summed E-state index contributed by atoms with van der Waals surface area (Å²) in [4.78, 5) is 13.1. The van der Waals surface area contributed by atoms with E-state index in [0.717, 1.165) is 38.3 Å². The van der Waals surface area contributed by atoms with E-state index in [1.807, 2.05) is 0 Å². The van der Waals surface area contributed by atoms with Crippen molar-refractivity contribution in [3.63, 3.8) is 0 Å². The molecule has 0 saturated carbocycles. The van der Waals surface area contributed by atoms with E-state index in [-0.39, 0.29) is 15.8 Å². The number of carbonyl (C=O) groups is 1. The molecule has 1 aromatic rings. The van der Waals surface area contributed by atoms with Gasteiger partial charge in [0.25, 0.3) is 0 Å². The predicted octanol–water partition coefficient (Wildman–Crippen LogP) is 2.67. The van der Waals surface area contributed by atoms with Crippen LogP contribution in [0.15, 0.2) is 36.6 Å². The van der Waals surface area contributed by atoms with E-state index in [9.17, 15) is 31.9 Å². The maximum absolute atomic E-state index is 14.4. The van der Waals surface area contributed by atoms with Crippen molar-refractivity contribution in [2.45, 2.75) is 43.8 Å². The maximum atomic E-state index is 14.4. The molecule has 1 aliphatic heterocycles. The summed E-state index contributed by atoms with van der Waals surface area (Å²) in [5.74, 6) is -7.19. The van der Waals surface area contributed by atoms with E-state index in [0.29, 0.717) is 0 Å². The van der Waals surface area contributed by atoms with Crippen molar-refractivity contribution in [1.29, 1.82) is 0 Å². The number of aliphatic hydroxyl groups excluding tert-OH is 2. The van der Waals surface area contributed by atoms with Gasteiger partial charge in [-0.3, -0.25) is 0 Å². The quantitative estimate of drug-likeness (QED) is 0.271. The van der Waals surface area contributed by atoms with Crippen molar-refractivity contribution >= 4 is 10.4 Å². The summed E-state index contributed by atoms with van der Waals surface area (Å²) in [5.41, 5.74) is -3.07. The summed E-state index contributed by atoms with van der Waals surface area (Å²) < 4.78 is 80.0. The first kappa shape index (κ1) is 28.1. The molecule has 1 amide bonds. The van der Waals surface area contributed by atoms with Crippen LogP contribution in [-0.2, 0) is 24.6 Å². The molecule has 2 rings (SSSR count). The van der Waals surface area contributed by atoms with Gasteiger partial charge in [0, 0.05) is 0 Å². The fourth-order valence-corrected chi connectivity index (χ4v) is 3.96. The number of hydrogen-bond donors (Lipinski definition) is 3. The molecule has 3 N–H and O–H groups in total. The molecule has 5 atom stereocenters. The van der Waals surface area contributed by atoms with E-state index in [4.69, 9.17) is 14.6 Å². The molecule has 0 aliphatic carbocycles. The number of methoxy groups -OCH3 is 1. The summed E-state index contributed by atoms with van der Waals surface area (Å²) in [6, 6.07) is 1.77. The molecular weight excluding hydrogens is 512 g/mol. The van der Waals surface area contributed by atoms with Crippen LogP contribution in [-0.4, -0.2) is 58.3 Å². The first-order valence-electron chi connectivity index (χ1n) is 9.93. The van der Waals surface area contributed by atoms with E-state index in [2.05, 4.69) is 26.9 Å². The van der Waals surface area contributed by atoms with Crippen LogP contribution in [0.5, 0.6) is 5.75 Å². The van der Waals surface area contributed by atoms with Crippen LogP contribution < -0.4 is 10.1 Å². The monoisotopic (exact) mass is 535 g/mol. The molecule has 0 aromatic heterocycles. The second-order valence-corrected chi connectivity index (χ2v) is 8.35. The Kier molecular flexibility index (Phi) is 8.79. The molecule has 1 aliphatic rings. The fraction of sp³-hybridized carbons (Fsp3) is 0.455. The van der Waals surface area contributed by atoms with E-state index >= 15 is 0 Å². The second-order valence-electron chi connectivity index (χ2n) is 7.78. The third kappa shape index (κ3) is 5.25. The Balaban J connectivity index is 2.56. The van der Waals surface area contributed by atoms with Gasteiger partial charge in [-0.15, -0.1) is 0 Å². The van der Waals surface area contributed by atoms with Gasteiger partial charge in [0.2, 0.25) is 0 Å². The van der Waals surface area contributed by atoms with Crippen LogP contribution >= 0.6 is 0 Å². The number of benzene rings is 1. The number of nitrogens with one attached hydrogen (secondary N) is 1. The van der Waals surface area contributed by atoms with E-state index in [1.165, 1.54) is 6.92 Å². The number of amides is 1. The van der Waals surface area contributed by atoms with Gasteiger partial charge in [-0.1, -0.05) is 0 Å². The average Bonchev–Trinajstić information content (AvgIpc) is 3.06. The third-order valence-electron chi connectivity index (χ3n) is 5.81. The van der Waals surface area contributed by atoms with Crippen molar-refractivity contribution in [1.82, 2.24) is 5.32 Å². The Morgan fingerprint density at radius 1 is 1.41 bits per heavy atom. The zero-order chi connectivity index (χ0) is 26.0. The molecule has 6 nitrogen and oxygen atoms in total. The Morgan fingerprint density at radius 3 is 2.53 bits per heavy atom. The standard InChI is InChI=1S/C22H24F5NO5.Ni/c1-5-12(6-7-13(30)10-29)28-20(31)19-16(11(2)21(3,33-19)22(25,26)27)14-8-9-15(23)17(24)18(14)32-4;/h5-6,8-9,11,13,16,19,29-30H,1,10H2,2-4H3,(H,28,31);/b12-6+;/t11-,13+,16-,19+,21+;/m0./s1. The fourth-order valence-electron chi connectivity index (χ4n) is 3.72. The topological polar surface area (TPSA) is 88.0 Å². The Labute approximate surface area is 200 Å². The second kappa shape index (κ2) is 10.6. The SMILES string of the molecule is C=C/C(=C\[C](=[Ni])[C@@H](O)CO)NC(=O)[C@@H]1O[C@@](C)(C(F)(F)F)[C@@H](C)[C@H]1c1ccc(F)c(F)c1OC. The van der Waals surface area contributed by atoms with Gasteiger partial charge >= 0.3 is 200 Å². The molecule has 192 valence electrons. The van der Waals surface area contributed by atoms with Crippen molar-refractivity contribution in [2.75, 3.05) is 13.7 Å². The summed E-state index contributed by atoms with van der Waals surface area (Å²) >= 11 is 4.56. The normalized spacial score (nSPS) is 26.2. The summed E-state index contributed by atoms with van der Waals surface area (Å²) in [6.45, 7) is 4.74. The van der Waals surface area contributed by atoms with Crippen LogP contribution in [0.1, 0.15) is 25.3 Å². The third-order valence-corrected chi connectivity index (χ3v) is 6.28. The number of rotatable bonds is 8. The molecule has 1 fully saturated rings. The number of ether oxygens (including phenoxy) is 2. The van der Waals surface area contributed by atoms with Crippen LogP contribution in [0, 0.1) is 17.6 Å². The number of alkyl halides is 3. The molecule has 0 unspecified atom stereocenters. The number of carbonyl (C=O) groups excluding carboxylic acids is 1. The molecule has 34 heavy (non-hydrogen) atoms. The first-order chi connectivity index (χ1) is 15.7. The number of allylic oxidation sites excluding steroid dienone is 1. The minimum absolute atomic E-state index is 0.0772. The predicted molar refractivity (Wildman–Crippen MR) is 109 cm³/mol. The Hall–Kier alpha value is -2.14. The Morgan fingerprint density at radius 2 is 2.03 bits per heavy atom. The summed E-state index contributed by atoms with van der Waals surface area (Å²) in [7, 11) is 1.02. The van der Waals surface area contributed by atoms with Crippen LogP contribution in [0.4, 0.5) is 22.0 Å². The van der Waals surface area contributed by atoms with E-state index in [1.54, 1.807) is 0 Å². The van der Waals surface area contributed by atoms with Gasteiger partial charge < -0.3 is 0 Å². The van der Waals surface area contributed by atoms with Gasteiger partial charge in [-0.25, -0.2) is 0 Å². The molecule has 0 bridgehead atoms. The van der Waals surface area contributed by atoms with Crippen LogP contribution in [0.25, 0.3) is 0 Å². The molecule has 1 heterocycles.